The maximum absolute atomic E-state index is 12.7. The zero-order valence-corrected chi connectivity index (χ0v) is 13.9. The largest absolute Gasteiger partial charge is 0.399 e. The third kappa shape index (κ3) is 3.64. The predicted octanol–water partition coefficient (Wildman–Crippen LogP) is 4.00. The molecule has 0 atom stereocenters. The van der Waals surface area contributed by atoms with Gasteiger partial charge in [-0.15, -0.1) is 0 Å². The summed E-state index contributed by atoms with van der Waals surface area (Å²) in [5.74, 6) is 0.0236. The second-order valence-electron chi connectivity index (χ2n) is 5.00. The molecule has 0 aromatic heterocycles. The van der Waals surface area contributed by atoms with Crippen LogP contribution in [0, 0.1) is 6.92 Å². The summed E-state index contributed by atoms with van der Waals surface area (Å²) in [5.41, 5.74) is 9.30. The van der Waals surface area contributed by atoms with Crippen molar-refractivity contribution in [2.75, 3.05) is 12.3 Å². The fraction of sp³-hybridized carbons (Fsp3) is 0.235. The number of hydrogen-bond acceptors (Lipinski definition) is 2. The average Bonchev–Trinajstić information content (AvgIpc) is 2.47. The third-order valence-electron chi connectivity index (χ3n) is 3.42. The molecule has 2 aromatic carbocycles. The van der Waals surface area contributed by atoms with Gasteiger partial charge in [-0.2, -0.15) is 0 Å². The van der Waals surface area contributed by atoms with Crippen LogP contribution in [0.4, 0.5) is 5.69 Å². The molecule has 0 aliphatic carbocycles. The Morgan fingerprint density at radius 2 is 1.95 bits per heavy atom. The van der Waals surface area contributed by atoms with E-state index in [-0.39, 0.29) is 5.91 Å². The molecule has 0 saturated carbocycles. The molecule has 0 aliphatic heterocycles. The van der Waals surface area contributed by atoms with Gasteiger partial charge in [0.2, 0.25) is 0 Å². The molecular weight excluding hydrogens is 328 g/mol. The van der Waals surface area contributed by atoms with Gasteiger partial charge in [-0.3, -0.25) is 4.79 Å². The standard InChI is InChI=1S/C17H19BrN2O/c1-3-20(11-13-7-5-8-14(19)10-13)17(21)15-9-4-6-12(2)16(15)18/h4-10H,3,11,19H2,1-2H3. The van der Waals surface area contributed by atoms with E-state index in [2.05, 4.69) is 15.9 Å². The second-order valence-corrected chi connectivity index (χ2v) is 5.79. The molecule has 0 bridgehead atoms. The summed E-state index contributed by atoms with van der Waals surface area (Å²) < 4.78 is 0.862. The zero-order valence-electron chi connectivity index (χ0n) is 12.3. The van der Waals surface area contributed by atoms with Crippen LogP contribution in [0.25, 0.3) is 0 Å². The minimum absolute atomic E-state index is 0.0236. The number of aryl methyl sites for hydroxylation is 1. The minimum Gasteiger partial charge on any atom is -0.399 e. The number of benzene rings is 2. The lowest BCUT2D eigenvalue weighted by atomic mass is 10.1. The average molecular weight is 347 g/mol. The van der Waals surface area contributed by atoms with Crippen LogP contribution in [0.5, 0.6) is 0 Å². The lowest BCUT2D eigenvalue weighted by Crippen LogP contribution is -2.30. The minimum atomic E-state index is 0.0236. The summed E-state index contributed by atoms with van der Waals surface area (Å²) in [6, 6.07) is 13.4. The van der Waals surface area contributed by atoms with Crippen molar-refractivity contribution in [2.45, 2.75) is 20.4 Å². The molecule has 0 spiro atoms. The van der Waals surface area contributed by atoms with E-state index in [1.54, 1.807) is 0 Å². The number of carbonyl (C=O) groups is 1. The fourth-order valence-electron chi connectivity index (χ4n) is 2.22. The molecule has 0 heterocycles. The van der Waals surface area contributed by atoms with Gasteiger partial charge in [0.1, 0.15) is 0 Å². The van der Waals surface area contributed by atoms with Crippen molar-refractivity contribution in [2.24, 2.45) is 0 Å². The number of amides is 1. The number of carbonyl (C=O) groups excluding carboxylic acids is 1. The van der Waals surface area contributed by atoms with E-state index >= 15 is 0 Å². The number of hydrogen-bond donors (Lipinski definition) is 1. The first-order chi connectivity index (χ1) is 10.0. The van der Waals surface area contributed by atoms with Gasteiger partial charge in [0, 0.05) is 23.2 Å². The van der Waals surface area contributed by atoms with Gasteiger partial charge in [-0.1, -0.05) is 24.3 Å². The molecule has 0 unspecified atom stereocenters. The van der Waals surface area contributed by atoms with Crippen molar-refractivity contribution >= 4 is 27.5 Å². The Morgan fingerprint density at radius 3 is 2.62 bits per heavy atom. The van der Waals surface area contributed by atoms with Crippen molar-refractivity contribution < 1.29 is 4.79 Å². The first kappa shape index (κ1) is 15.6. The maximum Gasteiger partial charge on any atom is 0.255 e. The van der Waals surface area contributed by atoms with Crippen LogP contribution in [0.1, 0.15) is 28.4 Å². The van der Waals surface area contributed by atoms with E-state index in [9.17, 15) is 4.79 Å². The van der Waals surface area contributed by atoms with E-state index in [4.69, 9.17) is 5.73 Å². The Morgan fingerprint density at radius 1 is 1.24 bits per heavy atom. The van der Waals surface area contributed by atoms with Crippen LogP contribution in [-0.2, 0) is 6.54 Å². The first-order valence-electron chi connectivity index (χ1n) is 6.91. The molecule has 0 aliphatic rings. The lowest BCUT2D eigenvalue weighted by Gasteiger charge is -2.22. The topological polar surface area (TPSA) is 46.3 Å². The molecule has 2 rings (SSSR count). The van der Waals surface area contributed by atoms with E-state index in [1.807, 2.05) is 61.2 Å². The molecule has 0 saturated heterocycles. The highest BCUT2D eigenvalue weighted by atomic mass is 79.9. The summed E-state index contributed by atoms with van der Waals surface area (Å²) in [6.07, 6.45) is 0. The summed E-state index contributed by atoms with van der Waals surface area (Å²) in [7, 11) is 0. The van der Waals surface area contributed by atoms with Crippen molar-refractivity contribution in [3.8, 4) is 0 Å². The Labute approximate surface area is 133 Å². The van der Waals surface area contributed by atoms with Crippen molar-refractivity contribution in [3.05, 3.63) is 63.6 Å². The van der Waals surface area contributed by atoms with Gasteiger partial charge >= 0.3 is 0 Å². The number of rotatable bonds is 4. The van der Waals surface area contributed by atoms with Crippen LogP contribution < -0.4 is 5.73 Å². The van der Waals surface area contributed by atoms with Crippen molar-refractivity contribution in [3.63, 3.8) is 0 Å². The fourth-order valence-corrected chi connectivity index (χ4v) is 2.66. The second kappa shape index (κ2) is 6.76. The summed E-state index contributed by atoms with van der Waals surface area (Å²) in [4.78, 5) is 14.5. The molecule has 0 radical (unpaired) electrons. The van der Waals surface area contributed by atoms with Gasteiger partial charge in [-0.25, -0.2) is 0 Å². The number of anilines is 1. The molecular formula is C17H19BrN2O. The highest BCUT2D eigenvalue weighted by Gasteiger charge is 2.17. The Balaban J connectivity index is 2.25. The molecule has 2 N–H and O–H groups in total. The quantitative estimate of drug-likeness (QED) is 0.850. The highest BCUT2D eigenvalue weighted by Crippen LogP contribution is 2.23. The molecule has 110 valence electrons. The van der Waals surface area contributed by atoms with Crippen LogP contribution in [0.2, 0.25) is 0 Å². The van der Waals surface area contributed by atoms with Crippen molar-refractivity contribution in [1.82, 2.24) is 4.90 Å². The van der Waals surface area contributed by atoms with Gasteiger partial charge in [-0.05, 0) is 59.1 Å². The predicted molar refractivity (Wildman–Crippen MR) is 90.1 cm³/mol. The van der Waals surface area contributed by atoms with E-state index in [0.717, 1.165) is 15.6 Å². The Kier molecular flexibility index (Phi) is 5.02. The molecule has 4 heteroatoms. The summed E-state index contributed by atoms with van der Waals surface area (Å²) in [6.45, 7) is 5.16. The SMILES string of the molecule is CCN(Cc1cccc(N)c1)C(=O)c1cccc(C)c1Br. The molecule has 0 fully saturated rings. The normalized spacial score (nSPS) is 10.4. The number of nitrogens with two attached hydrogens (primary N) is 1. The summed E-state index contributed by atoms with van der Waals surface area (Å²) >= 11 is 3.51. The van der Waals surface area contributed by atoms with E-state index in [1.165, 1.54) is 0 Å². The van der Waals surface area contributed by atoms with Crippen molar-refractivity contribution in [1.29, 1.82) is 0 Å². The van der Waals surface area contributed by atoms with Gasteiger partial charge in [0.25, 0.3) is 5.91 Å². The van der Waals surface area contributed by atoms with Gasteiger partial charge < -0.3 is 10.6 Å². The monoisotopic (exact) mass is 346 g/mol. The first-order valence-corrected chi connectivity index (χ1v) is 7.71. The van der Waals surface area contributed by atoms with Crippen LogP contribution in [0.15, 0.2) is 46.9 Å². The van der Waals surface area contributed by atoms with Crippen LogP contribution in [-0.4, -0.2) is 17.4 Å². The smallest absolute Gasteiger partial charge is 0.255 e. The number of nitrogen functional groups attached to an aromatic ring is 1. The molecule has 2 aromatic rings. The number of nitrogens with zero attached hydrogens (tertiary/aromatic N) is 1. The molecule has 3 nitrogen and oxygen atoms in total. The van der Waals surface area contributed by atoms with Crippen LogP contribution >= 0.6 is 15.9 Å². The summed E-state index contributed by atoms with van der Waals surface area (Å²) in [5, 5.41) is 0. The highest BCUT2D eigenvalue weighted by molar-refractivity contribution is 9.10. The van der Waals surface area contributed by atoms with Gasteiger partial charge in [0.15, 0.2) is 0 Å². The molecule has 1 amide bonds. The molecule has 21 heavy (non-hydrogen) atoms. The van der Waals surface area contributed by atoms with Gasteiger partial charge in [0.05, 0.1) is 5.56 Å². The Bertz CT molecular complexity index is 655. The lowest BCUT2D eigenvalue weighted by molar-refractivity contribution is 0.0751. The Hall–Kier alpha value is -1.81. The maximum atomic E-state index is 12.7. The van der Waals surface area contributed by atoms with E-state index < -0.39 is 0 Å². The zero-order chi connectivity index (χ0) is 15.4. The van der Waals surface area contributed by atoms with E-state index in [0.29, 0.717) is 24.3 Å². The van der Waals surface area contributed by atoms with Crippen LogP contribution in [0.3, 0.4) is 0 Å². The third-order valence-corrected chi connectivity index (χ3v) is 4.47. The number of halogens is 1.